The number of ether oxygens (including phenoxy) is 1. The Morgan fingerprint density at radius 2 is 1.95 bits per heavy atom. The van der Waals surface area contributed by atoms with Gasteiger partial charge in [0.1, 0.15) is 22.8 Å². The van der Waals surface area contributed by atoms with E-state index in [1.807, 2.05) is 25.1 Å². The summed E-state index contributed by atoms with van der Waals surface area (Å²) in [6.07, 6.45) is 0. The number of halogens is 1. The summed E-state index contributed by atoms with van der Waals surface area (Å²) in [7, 11) is 0. The predicted molar refractivity (Wildman–Crippen MR) is 79.0 cm³/mol. The molecule has 0 heterocycles. The predicted octanol–water partition coefficient (Wildman–Crippen LogP) is 3.80. The van der Waals surface area contributed by atoms with Crippen LogP contribution < -0.4 is 4.74 Å². The van der Waals surface area contributed by atoms with Gasteiger partial charge in [0, 0.05) is 9.64 Å². The largest absolute Gasteiger partial charge is 0.507 e. The van der Waals surface area contributed by atoms with E-state index in [1.165, 1.54) is 18.2 Å². The number of aromatic hydroxyl groups is 1. The van der Waals surface area contributed by atoms with Gasteiger partial charge in [-0.3, -0.25) is 0 Å². The van der Waals surface area contributed by atoms with Gasteiger partial charge in [-0.15, -0.1) is 0 Å². The van der Waals surface area contributed by atoms with Gasteiger partial charge < -0.3 is 14.9 Å². The number of carboxylic acids is 1. The first-order chi connectivity index (χ1) is 8.97. The van der Waals surface area contributed by atoms with Crippen LogP contribution in [0.2, 0.25) is 0 Å². The lowest BCUT2D eigenvalue weighted by molar-refractivity contribution is 0.0693. The zero-order valence-corrected chi connectivity index (χ0v) is 12.2. The van der Waals surface area contributed by atoms with Crippen molar-refractivity contribution in [2.75, 3.05) is 0 Å². The van der Waals surface area contributed by atoms with Crippen LogP contribution in [-0.4, -0.2) is 16.2 Å². The Kier molecular flexibility index (Phi) is 3.94. The molecule has 0 bridgehead atoms. The second-order valence-electron chi connectivity index (χ2n) is 4.00. The van der Waals surface area contributed by atoms with Crippen molar-refractivity contribution in [3.8, 4) is 17.2 Å². The number of carboxylic acid groups (broad SMARTS) is 1. The van der Waals surface area contributed by atoms with E-state index in [2.05, 4.69) is 22.6 Å². The molecule has 0 spiro atoms. The highest BCUT2D eigenvalue weighted by Crippen LogP contribution is 2.30. The van der Waals surface area contributed by atoms with Crippen LogP contribution in [0.5, 0.6) is 17.2 Å². The second kappa shape index (κ2) is 5.48. The summed E-state index contributed by atoms with van der Waals surface area (Å²) in [5.41, 5.74) is 0.820. The van der Waals surface area contributed by atoms with E-state index in [0.29, 0.717) is 11.5 Å². The molecule has 2 N–H and O–H groups in total. The summed E-state index contributed by atoms with van der Waals surface area (Å²) < 4.78 is 6.73. The molecule has 2 rings (SSSR count). The third-order valence-corrected chi connectivity index (χ3v) is 3.24. The summed E-state index contributed by atoms with van der Waals surface area (Å²) in [6.45, 7) is 1.92. The lowest BCUT2D eigenvalue weighted by Crippen LogP contribution is -1.97. The fourth-order valence-corrected chi connectivity index (χ4v) is 2.26. The van der Waals surface area contributed by atoms with Crippen LogP contribution in [0.3, 0.4) is 0 Å². The highest BCUT2D eigenvalue weighted by molar-refractivity contribution is 14.1. The van der Waals surface area contributed by atoms with E-state index in [1.54, 1.807) is 0 Å². The Labute approximate surface area is 123 Å². The molecular formula is C14H11IO4. The summed E-state index contributed by atoms with van der Waals surface area (Å²) in [5, 5.41) is 18.4. The van der Waals surface area contributed by atoms with Crippen molar-refractivity contribution in [1.29, 1.82) is 0 Å². The van der Waals surface area contributed by atoms with E-state index < -0.39 is 5.97 Å². The van der Waals surface area contributed by atoms with Gasteiger partial charge in [-0.2, -0.15) is 0 Å². The summed E-state index contributed by atoms with van der Waals surface area (Å²) >= 11 is 2.21. The van der Waals surface area contributed by atoms with E-state index in [-0.39, 0.29) is 11.3 Å². The summed E-state index contributed by atoms with van der Waals surface area (Å²) in [5.74, 6) is -0.419. The third kappa shape index (κ3) is 3.17. The molecule has 0 fully saturated rings. The van der Waals surface area contributed by atoms with Crippen molar-refractivity contribution in [3.63, 3.8) is 0 Å². The molecule has 0 aliphatic rings. The van der Waals surface area contributed by atoms with E-state index in [4.69, 9.17) is 9.84 Å². The van der Waals surface area contributed by atoms with Gasteiger partial charge >= 0.3 is 5.97 Å². The summed E-state index contributed by atoms with van der Waals surface area (Å²) in [4.78, 5) is 10.8. The van der Waals surface area contributed by atoms with Crippen molar-refractivity contribution in [2.45, 2.75) is 6.92 Å². The van der Waals surface area contributed by atoms with Crippen molar-refractivity contribution < 1.29 is 19.7 Å². The highest BCUT2D eigenvalue weighted by atomic mass is 127. The van der Waals surface area contributed by atoms with Crippen molar-refractivity contribution in [3.05, 3.63) is 51.1 Å². The van der Waals surface area contributed by atoms with E-state index >= 15 is 0 Å². The molecule has 2 aromatic carbocycles. The minimum Gasteiger partial charge on any atom is -0.507 e. The first-order valence-electron chi connectivity index (χ1n) is 5.47. The molecule has 0 aliphatic heterocycles. The van der Waals surface area contributed by atoms with Gasteiger partial charge in [-0.25, -0.2) is 4.79 Å². The van der Waals surface area contributed by atoms with Gasteiger partial charge in [0.25, 0.3) is 0 Å². The number of aromatic carboxylic acids is 1. The number of rotatable bonds is 3. The molecule has 0 aliphatic carbocycles. The monoisotopic (exact) mass is 370 g/mol. The minimum atomic E-state index is -1.17. The second-order valence-corrected chi connectivity index (χ2v) is 5.24. The average molecular weight is 370 g/mol. The lowest BCUT2D eigenvalue weighted by atomic mass is 10.2. The van der Waals surface area contributed by atoms with Crippen molar-refractivity contribution in [1.82, 2.24) is 0 Å². The Morgan fingerprint density at radius 3 is 2.53 bits per heavy atom. The van der Waals surface area contributed by atoms with Crippen LogP contribution in [0, 0.1) is 10.5 Å². The van der Waals surface area contributed by atoms with E-state index in [9.17, 15) is 9.90 Å². The Hall–Kier alpha value is -1.76. The van der Waals surface area contributed by atoms with Crippen molar-refractivity contribution in [2.24, 2.45) is 0 Å². The molecule has 0 aromatic heterocycles. The Balaban J connectivity index is 2.29. The standard InChI is InChI=1S/C14H11IO4/c1-8-6-9(15)2-5-13(8)19-10-3-4-11(14(17)18)12(16)7-10/h2-7,16H,1H3,(H,17,18). The van der Waals surface area contributed by atoms with Crippen LogP contribution in [0.4, 0.5) is 0 Å². The molecule has 98 valence electrons. The topological polar surface area (TPSA) is 66.8 Å². The maximum Gasteiger partial charge on any atom is 0.339 e. The minimum absolute atomic E-state index is 0.147. The van der Waals surface area contributed by atoms with Crippen LogP contribution in [0.1, 0.15) is 15.9 Å². The fraction of sp³-hybridized carbons (Fsp3) is 0.0714. The van der Waals surface area contributed by atoms with Gasteiger partial charge in [-0.05, 0) is 65.4 Å². The normalized spacial score (nSPS) is 10.2. The maximum absolute atomic E-state index is 10.8. The average Bonchev–Trinajstić information content (AvgIpc) is 2.32. The zero-order chi connectivity index (χ0) is 14.0. The van der Waals surface area contributed by atoms with Gasteiger partial charge in [0.2, 0.25) is 0 Å². The third-order valence-electron chi connectivity index (χ3n) is 2.56. The molecule has 4 nitrogen and oxygen atoms in total. The lowest BCUT2D eigenvalue weighted by Gasteiger charge is -2.10. The number of hydrogen-bond donors (Lipinski definition) is 2. The van der Waals surface area contributed by atoms with Gasteiger partial charge in [0.05, 0.1) is 0 Å². The molecule has 0 unspecified atom stereocenters. The van der Waals surface area contributed by atoms with Crippen LogP contribution in [-0.2, 0) is 0 Å². The molecular weight excluding hydrogens is 359 g/mol. The molecule has 5 heteroatoms. The zero-order valence-electron chi connectivity index (χ0n) is 10.1. The van der Waals surface area contributed by atoms with Crippen LogP contribution in [0.25, 0.3) is 0 Å². The SMILES string of the molecule is Cc1cc(I)ccc1Oc1ccc(C(=O)O)c(O)c1. The van der Waals surface area contributed by atoms with Gasteiger partial charge in [0.15, 0.2) is 0 Å². The first-order valence-corrected chi connectivity index (χ1v) is 6.55. The van der Waals surface area contributed by atoms with Crippen LogP contribution >= 0.6 is 22.6 Å². The molecule has 19 heavy (non-hydrogen) atoms. The molecule has 0 saturated carbocycles. The number of aryl methyl sites for hydroxylation is 1. The Bertz CT molecular complexity index is 637. The van der Waals surface area contributed by atoms with E-state index in [0.717, 1.165) is 9.13 Å². The smallest absolute Gasteiger partial charge is 0.339 e. The summed E-state index contributed by atoms with van der Waals surface area (Å²) in [6, 6.07) is 9.84. The molecule has 0 amide bonds. The van der Waals surface area contributed by atoms with Crippen molar-refractivity contribution >= 4 is 28.6 Å². The number of benzene rings is 2. The Morgan fingerprint density at radius 1 is 1.21 bits per heavy atom. The maximum atomic E-state index is 10.8. The molecule has 0 saturated heterocycles. The molecule has 2 aromatic rings. The molecule has 0 atom stereocenters. The highest BCUT2D eigenvalue weighted by Gasteiger charge is 2.11. The quantitative estimate of drug-likeness (QED) is 0.807. The molecule has 0 radical (unpaired) electrons. The number of hydrogen-bond acceptors (Lipinski definition) is 3. The number of phenols is 1. The fourth-order valence-electron chi connectivity index (χ4n) is 1.61. The number of carbonyl (C=O) groups is 1. The first kappa shape index (κ1) is 13.7. The van der Waals surface area contributed by atoms with Gasteiger partial charge in [-0.1, -0.05) is 0 Å². The van der Waals surface area contributed by atoms with Crippen LogP contribution in [0.15, 0.2) is 36.4 Å².